The van der Waals surface area contributed by atoms with E-state index in [0.29, 0.717) is 13.0 Å². The minimum atomic E-state index is -3.46. The van der Waals surface area contributed by atoms with E-state index in [2.05, 4.69) is 5.32 Å². The quantitative estimate of drug-likeness (QED) is 0.777. The predicted molar refractivity (Wildman–Crippen MR) is 69.4 cm³/mol. The Morgan fingerprint density at radius 3 is 2.61 bits per heavy atom. The van der Waals surface area contributed by atoms with Gasteiger partial charge >= 0.3 is 0 Å². The summed E-state index contributed by atoms with van der Waals surface area (Å²) in [5.74, 6) is 0. The highest BCUT2D eigenvalue weighted by molar-refractivity contribution is 7.90. The standard InChI is InChI=1S/C12H21N3O2S/c1-2-12(8-13)18(16,17)15(11-5-6-11)9-10-4-3-7-14-10/h10-12,14H,2-7,9H2,1H3. The van der Waals surface area contributed by atoms with E-state index in [9.17, 15) is 8.42 Å². The first-order chi connectivity index (χ1) is 8.59. The van der Waals surface area contributed by atoms with Gasteiger partial charge in [-0.1, -0.05) is 6.92 Å². The molecule has 2 fully saturated rings. The summed E-state index contributed by atoms with van der Waals surface area (Å²) < 4.78 is 26.5. The number of hydrogen-bond acceptors (Lipinski definition) is 4. The van der Waals surface area contributed by atoms with E-state index in [4.69, 9.17) is 5.26 Å². The summed E-state index contributed by atoms with van der Waals surface area (Å²) in [5.41, 5.74) is 0. The molecule has 0 radical (unpaired) electrons. The third-order valence-corrected chi connectivity index (χ3v) is 5.98. The molecule has 2 rings (SSSR count). The molecule has 2 atom stereocenters. The summed E-state index contributed by atoms with van der Waals surface area (Å²) in [6.45, 7) is 3.26. The molecule has 0 aromatic heterocycles. The van der Waals surface area contributed by atoms with Crippen molar-refractivity contribution in [1.82, 2.24) is 9.62 Å². The summed E-state index contributed by atoms with van der Waals surface area (Å²) >= 11 is 0. The van der Waals surface area contributed by atoms with Crippen LogP contribution in [0.2, 0.25) is 0 Å². The zero-order chi connectivity index (χ0) is 13.2. The van der Waals surface area contributed by atoms with Gasteiger partial charge in [0.1, 0.15) is 0 Å². The Bertz CT molecular complexity index is 419. The number of nitrogens with zero attached hydrogens (tertiary/aromatic N) is 2. The predicted octanol–water partition coefficient (Wildman–Crippen LogP) is 0.835. The summed E-state index contributed by atoms with van der Waals surface area (Å²) in [4.78, 5) is 0. The van der Waals surface area contributed by atoms with Crippen LogP contribution in [0.15, 0.2) is 0 Å². The molecule has 6 heteroatoms. The first kappa shape index (κ1) is 13.8. The molecule has 18 heavy (non-hydrogen) atoms. The highest BCUT2D eigenvalue weighted by Gasteiger charge is 2.42. The molecule has 0 aromatic rings. The van der Waals surface area contributed by atoms with Gasteiger partial charge in [0.25, 0.3) is 0 Å². The van der Waals surface area contributed by atoms with Crippen LogP contribution < -0.4 is 5.32 Å². The topological polar surface area (TPSA) is 73.2 Å². The van der Waals surface area contributed by atoms with Crippen LogP contribution >= 0.6 is 0 Å². The molecule has 0 amide bonds. The second kappa shape index (κ2) is 5.55. The third kappa shape index (κ3) is 2.85. The molecule has 1 saturated carbocycles. The van der Waals surface area contributed by atoms with E-state index in [1.807, 2.05) is 6.07 Å². The lowest BCUT2D eigenvalue weighted by Crippen LogP contribution is -2.45. The number of nitrogens with one attached hydrogen (secondary N) is 1. The van der Waals surface area contributed by atoms with E-state index >= 15 is 0 Å². The van der Waals surface area contributed by atoms with Crippen molar-refractivity contribution in [3.63, 3.8) is 0 Å². The van der Waals surface area contributed by atoms with Crippen LogP contribution in [0.25, 0.3) is 0 Å². The smallest absolute Gasteiger partial charge is 0.230 e. The number of sulfonamides is 1. The van der Waals surface area contributed by atoms with Gasteiger partial charge in [0.15, 0.2) is 5.25 Å². The van der Waals surface area contributed by atoms with Crippen molar-refractivity contribution in [2.75, 3.05) is 13.1 Å². The average Bonchev–Trinajstić information content (AvgIpc) is 3.04. The molecule has 102 valence electrons. The third-order valence-electron chi connectivity index (χ3n) is 3.72. The van der Waals surface area contributed by atoms with Crippen LogP contribution in [-0.2, 0) is 10.0 Å². The number of nitriles is 1. The summed E-state index contributed by atoms with van der Waals surface area (Å²) in [7, 11) is -3.46. The van der Waals surface area contributed by atoms with E-state index in [1.54, 1.807) is 11.2 Å². The largest absolute Gasteiger partial charge is 0.313 e. The summed E-state index contributed by atoms with van der Waals surface area (Å²) in [6.07, 6.45) is 4.38. The first-order valence-electron chi connectivity index (χ1n) is 6.73. The molecule has 0 bridgehead atoms. The molecule has 2 unspecified atom stereocenters. The Kier molecular flexibility index (Phi) is 4.25. The average molecular weight is 271 g/mol. The monoisotopic (exact) mass is 271 g/mol. The van der Waals surface area contributed by atoms with Crippen molar-refractivity contribution in [3.05, 3.63) is 0 Å². The first-order valence-corrected chi connectivity index (χ1v) is 8.23. The lowest BCUT2D eigenvalue weighted by molar-refractivity contribution is 0.360. The molecular formula is C12H21N3O2S. The number of hydrogen-bond donors (Lipinski definition) is 1. The van der Waals surface area contributed by atoms with E-state index in [1.165, 1.54) is 0 Å². The fourth-order valence-electron chi connectivity index (χ4n) is 2.48. The molecule has 1 N–H and O–H groups in total. The second-order valence-corrected chi connectivity index (χ2v) is 7.23. The Morgan fingerprint density at radius 1 is 1.44 bits per heavy atom. The van der Waals surface area contributed by atoms with Crippen LogP contribution in [-0.4, -0.2) is 43.1 Å². The van der Waals surface area contributed by atoms with Gasteiger partial charge in [0.05, 0.1) is 6.07 Å². The molecule has 0 spiro atoms. The van der Waals surface area contributed by atoms with Gasteiger partial charge in [0, 0.05) is 18.6 Å². The van der Waals surface area contributed by atoms with Gasteiger partial charge in [-0.05, 0) is 38.6 Å². The SMILES string of the molecule is CCC(C#N)S(=O)(=O)N(CC1CCCN1)C1CC1. The van der Waals surface area contributed by atoms with Gasteiger partial charge in [-0.25, -0.2) is 8.42 Å². The van der Waals surface area contributed by atoms with Crippen molar-refractivity contribution in [2.45, 2.75) is 56.4 Å². The molecule has 5 nitrogen and oxygen atoms in total. The van der Waals surface area contributed by atoms with Gasteiger partial charge in [-0.2, -0.15) is 9.57 Å². The fraction of sp³-hybridized carbons (Fsp3) is 0.917. The van der Waals surface area contributed by atoms with E-state index in [-0.39, 0.29) is 12.1 Å². The lowest BCUT2D eigenvalue weighted by Gasteiger charge is -2.26. The molecule has 0 aromatic carbocycles. The van der Waals surface area contributed by atoms with Crippen LogP contribution in [0.1, 0.15) is 39.0 Å². The van der Waals surface area contributed by atoms with E-state index < -0.39 is 15.3 Å². The van der Waals surface area contributed by atoms with Crippen LogP contribution in [0.4, 0.5) is 0 Å². The molecular weight excluding hydrogens is 250 g/mol. The summed E-state index contributed by atoms with van der Waals surface area (Å²) in [5, 5.41) is 11.4. The highest BCUT2D eigenvalue weighted by Crippen LogP contribution is 2.32. The van der Waals surface area contributed by atoms with Crippen molar-refractivity contribution >= 4 is 10.0 Å². The Hall–Kier alpha value is -0.640. The zero-order valence-corrected chi connectivity index (χ0v) is 11.6. The minimum absolute atomic E-state index is 0.139. The van der Waals surface area contributed by atoms with Crippen molar-refractivity contribution < 1.29 is 8.42 Å². The Morgan fingerprint density at radius 2 is 2.17 bits per heavy atom. The van der Waals surface area contributed by atoms with Crippen molar-refractivity contribution in [2.24, 2.45) is 0 Å². The maximum absolute atomic E-state index is 12.4. The van der Waals surface area contributed by atoms with Gasteiger partial charge < -0.3 is 5.32 Å². The van der Waals surface area contributed by atoms with Gasteiger partial charge in [-0.3, -0.25) is 0 Å². The zero-order valence-electron chi connectivity index (χ0n) is 10.8. The minimum Gasteiger partial charge on any atom is -0.313 e. The molecule has 1 aliphatic heterocycles. The van der Waals surface area contributed by atoms with Crippen molar-refractivity contribution in [3.8, 4) is 6.07 Å². The lowest BCUT2D eigenvalue weighted by atomic mass is 10.2. The van der Waals surface area contributed by atoms with Crippen LogP contribution in [0.3, 0.4) is 0 Å². The molecule has 1 aliphatic carbocycles. The summed E-state index contributed by atoms with van der Waals surface area (Å²) in [6, 6.07) is 2.33. The molecule has 1 heterocycles. The highest BCUT2D eigenvalue weighted by atomic mass is 32.2. The molecule has 1 saturated heterocycles. The second-order valence-electron chi connectivity index (χ2n) is 5.17. The van der Waals surface area contributed by atoms with Crippen LogP contribution in [0, 0.1) is 11.3 Å². The van der Waals surface area contributed by atoms with Crippen LogP contribution in [0.5, 0.6) is 0 Å². The van der Waals surface area contributed by atoms with Gasteiger partial charge in [-0.15, -0.1) is 0 Å². The number of rotatable bonds is 6. The van der Waals surface area contributed by atoms with E-state index in [0.717, 1.165) is 32.2 Å². The Balaban J connectivity index is 2.11. The fourth-order valence-corrected chi connectivity index (χ4v) is 4.38. The normalized spacial score (nSPS) is 26.2. The maximum Gasteiger partial charge on any atom is 0.230 e. The maximum atomic E-state index is 12.4. The van der Waals surface area contributed by atoms with Crippen molar-refractivity contribution in [1.29, 1.82) is 5.26 Å². The Labute approximate surface area is 109 Å². The van der Waals surface area contributed by atoms with Gasteiger partial charge in [0.2, 0.25) is 10.0 Å². The molecule has 2 aliphatic rings.